The number of amides is 2. The summed E-state index contributed by atoms with van der Waals surface area (Å²) in [4.78, 5) is 40.9. The van der Waals surface area contributed by atoms with Crippen LogP contribution in [0.3, 0.4) is 0 Å². The molecule has 2 amide bonds. The van der Waals surface area contributed by atoms with Crippen LogP contribution in [-0.4, -0.2) is 105 Å². The molecule has 1 aromatic carbocycles. The molecule has 3 unspecified atom stereocenters. The van der Waals surface area contributed by atoms with Gasteiger partial charge in [-0.2, -0.15) is 8.42 Å². The number of nitrogens with two attached hydrogens (primary N) is 3. The Balaban J connectivity index is 1.41. The number of guanidine groups is 1. The predicted molar refractivity (Wildman–Crippen MR) is 162 cm³/mol. The van der Waals surface area contributed by atoms with Crippen LogP contribution in [0.25, 0.3) is 0 Å². The zero-order valence-corrected chi connectivity index (χ0v) is 25.8. The molecule has 0 saturated carbocycles. The summed E-state index contributed by atoms with van der Waals surface area (Å²) in [6, 6.07) is 2.94. The van der Waals surface area contributed by atoms with Gasteiger partial charge in [-0.3, -0.25) is 19.1 Å². The molecule has 3 heterocycles. The van der Waals surface area contributed by atoms with Gasteiger partial charge in [-0.25, -0.2) is 9.29 Å². The fourth-order valence-corrected chi connectivity index (χ4v) is 5.99. The molecule has 3 atom stereocenters. The zero-order valence-electron chi connectivity index (χ0n) is 24.1. The normalized spacial score (nSPS) is 19.4. The molecule has 4 rings (SSSR count). The van der Waals surface area contributed by atoms with Crippen LogP contribution in [0.2, 0.25) is 0 Å². The number of unbranched alkanes of at least 4 members (excludes halogenated alkanes) is 1. The molecule has 20 heteroatoms. The summed E-state index contributed by atoms with van der Waals surface area (Å²) in [5, 5.41) is 27.3. The Bertz CT molecular complexity index is 1560. The minimum absolute atomic E-state index is 0.0569. The number of anilines is 1. The number of aromatic nitrogens is 1. The van der Waals surface area contributed by atoms with Crippen molar-refractivity contribution in [3.05, 3.63) is 40.4 Å². The number of nitrogens with one attached hydrogen (secondary N) is 1. The predicted octanol–water partition coefficient (Wildman–Crippen LogP) is -1.91. The highest BCUT2D eigenvalue weighted by atomic mass is 32.2. The first-order valence-corrected chi connectivity index (χ1v) is 16.0. The number of carbonyl (C=O) groups excluding carboxylic acids is 2. The Kier molecular flexibility index (Phi) is 10.8. The second kappa shape index (κ2) is 14.3. The number of ether oxygens (including phenoxy) is 1. The van der Waals surface area contributed by atoms with E-state index in [0.717, 1.165) is 35.3 Å². The molecule has 1 aromatic heterocycles. The Morgan fingerprint density at radius 1 is 1.27 bits per heavy atom. The van der Waals surface area contributed by atoms with Crippen molar-refractivity contribution < 1.29 is 42.3 Å². The molecule has 1 fully saturated rings. The summed E-state index contributed by atoms with van der Waals surface area (Å²) >= 11 is 0.975. The largest absolute Gasteiger partial charge is 0.489 e. The summed E-state index contributed by atoms with van der Waals surface area (Å²) in [5.74, 6) is -1.24. The van der Waals surface area contributed by atoms with Crippen molar-refractivity contribution in [3.63, 3.8) is 0 Å². The second-order valence-electron chi connectivity index (χ2n) is 10.2. The van der Waals surface area contributed by atoms with Gasteiger partial charge in [0.05, 0.1) is 6.04 Å². The van der Waals surface area contributed by atoms with E-state index in [2.05, 4.69) is 20.4 Å². The van der Waals surface area contributed by atoms with E-state index in [9.17, 15) is 32.8 Å². The fraction of sp³-hybridized carbons (Fsp3) is 0.480. The highest BCUT2D eigenvalue weighted by Gasteiger charge is 2.51. The van der Waals surface area contributed by atoms with Gasteiger partial charge >= 0.3 is 10.3 Å². The Labute approximate surface area is 262 Å². The first kappa shape index (κ1) is 33.8. The third-order valence-electron chi connectivity index (χ3n) is 6.99. The van der Waals surface area contributed by atoms with Crippen molar-refractivity contribution >= 4 is 50.3 Å². The SMILES string of the molecule is CC1C(NC(=O)/C(=N\OC(COc2ccc3c(c2)CN(C(N)=NCCCCN)C3)C(O)O)c2csc(N)n2)C(=O)N1S(=O)(=O)O. The molecule has 1 saturated heterocycles. The van der Waals surface area contributed by atoms with Crippen molar-refractivity contribution in [2.24, 2.45) is 21.6 Å². The summed E-state index contributed by atoms with van der Waals surface area (Å²) in [6.45, 7) is 3.16. The number of β-lactam (4-membered cyclic amide) rings is 1. The lowest BCUT2D eigenvalue weighted by molar-refractivity contribution is -0.155. The highest BCUT2D eigenvalue weighted by Crippen LogP contribution is 2.27. The van der Waals surface area contributed by atoms with Crippen molar-refractivity contribution in [2.45, 2.75) is 57.3 Å². The molecule has 0 radical (unpaired) electrons. The average molecular weight is 670 g/mol. The lowest BCUT2D eigenvalue weighted by atomic mass is 10.0. The number of fused-ring (bicyclic) bond motifs is 1. The molecule has 0 aliphatic carbocycles. The van der Waals surface area contributed by atoms with Gasteiger partial charge in [0.1, 0.15) is 24.1 Å². The van der Waals surface area contributed by atoms with Gasteiger partial charge in [-0.1, -0.05) is 11.2 Å². The van der Waals surface area contributed by atoms with Crippen molar-refractivity contribution in [1.82, 2.24) is 19.5 Å². The van der Waals surface area contributed by atoms with Gasteiger partial charge in [0, 0.05) is 25.0 Å². The lowest BCUT2D eigenvalue weighted by Crippen LogP contribution is -2.71. The van der Waals surface area contributed by atoms with Crippen LogP contribution in [0.5, 0.6) is 5.75 Å². The number of aliphatic imine (C=N–C) groups is 1. The number of rotatable bonds is 14. The van der Waals surface area contributed by atoms with Gasteiger partial charge in [-0.15, -0.1) is 11.3 Å². The molecular weight excluding hydrogens is 634 g/mol. The van der Waals surface area contributed by atoms with Crippen LogP contribution in [0.1, 0.15) is 36.6 Å². The van der Waals surface area contributed by atoms with Crippen molar-refractivity contribution in [2.75, 3.05) is 25.4 Å². The third kappa shape index (κ3) is 8.15. The van der Waals surface area contributed by atoms with E-state index in [1.165, 1.54) is 12.3 Å². The minimum atomic E-state index is -4.81. The molecular formula is C25H35N9O9S2. The number of oxime groups is 1. The van der Waals surface area contributed by atoms with E-state index >= 15 is 0 Å². The molecule has 18 nitrogen and oxygen atoms in total. The number of thiazole rings is 1. The van der Waals surface area contributed by atoms with Gasteiger partial charge in [0.25, 0.3) is 11.8 Å². The number of carbonyl (C=O) groups is 2. The van der Waals surface area contributed by atoms with Crippen LogP contribution in [0.4, 0.5) is 5.13 Å². The summed E-state index contributed by atoms with van der Waals surface area (Å²) in [6.07, 6.45) is -1.86. The first-order chi connectivity index (χ1) is 21.3. The topological polar surface area (TPSA) is 282 Å². The van der Waals surface area contributed by atoms with Gasteiger partial charge in [0.15, 0.2) is 23.1 Å². The Morgan fingerprint density at radius 2 is 2.00 bits per heavy atom. The van der Waals surface area contributed by atoms with Crippen molar-refractivity contribution in [1.29, 1.82) is 0 Å². The highest BCUT2D eigenvalue weighted by molar-refractivity contribution is 7.84. The van der Waals surface area contributed by atoms with E-state index < -0.39 is 58.9 Å². The van der Waals surface area contributed by atoms with Gasteiger partial charge in [-0.05, 0) is 49.6 Å². The molecule has 2 aliphatic heterocycles. The van der Waals surface area contributed by atoms with Crippen LogP contribution < -0.4 is 27.3 Å². The molecule has 0 spiro atoms. The summed E-state index contributed by atoms with van der Waals surface area (Å²) < 4.78 is 37.9. The minimum Gasteiger partial charge on any atom is -0.489 e. The number of aliphatic hydroxyl groups excluding tert-OH is 1. The fourth-order valence-electron chi connectivity index (χ4n) is 4.56. The quantitative estimate of drug-likeness (QED) is 0.0220. The number of nitrogen functional groups attached to an aromatic ring is 1. The Hall–Kier alpha value is -4.08. The average Bonchev–Trinajstić information content (AvgIpc) is 3.60. The van der Waals surface area contributed by atoms with Crippen LogP contribution in [0.15, 0.2) is 33.7 Å². The van der Waals surface area contributed by atoms with Crippen LogP contribution in [-0.2, 0) is 37.8 Å². The molecule has 2 aliphatic rings. The van der Waals surface area contributed by atoms with Crippen LogP contribution >= 0.6 is 11.3 Å². The monoisotopic (exact) mass is 669 g/mol. The van der Waals surface area contributed by atoms with Gasteiger partial charge in [0.2, 0.25) is 6.10 Å². The van der Waals surface area contributed by atoms with E-state index in [1.54, 1.807) is 12.1 Å². The second-order valence-corrected chi connectivity index (χ2v) is 12.4. The number of hydrogen-bond acceptors (Lipinski definition) is 14. The maximum atomic E-state index is 13.1. The maximum Gasteiger partial charge on any atom is 0.362 e. The van der Waals surface area contributed by atoms with E-state index in [-0.39, 0.29) is 15.1 Å². The van der Waals surface area contributed by atoms with Crippen molar-refractivity contribution in [3.8, 4) is 5.75 Å². The van der Waals surface area contributed by atoms with Crippen LogP contribution in [0, 0.1) is 0 Å². The molecule has 10 N–H and O–H groups in total. The van der Waals surface area contributed by atoms with E-state index in [0.29, 0.717) is 37.9 Å². The van der Waals surface area contributed by atoms with E-state index in [1.807, 2.05) is 11.0 Å². The molecule has 2 aromatic rings. The Morgan fingerprint density at radius 3 is 2.62 bits per heavy atom. The van der Waals surface area contributed by atoms with E-state index in [4.69, 9.17) is 26.8 Å². The summed E-state index contributed by atoms with van der Waals surface area (Å²) in [7, 11) is -4.81. The maximum absolute atomic E-state index is 13.1. The first-order valence-electron chi connectivity index (χ1n) is 13.7. The molecule has 0 bridgehead atoms. The smallest absolute Gasteiger partial charge is 0.362 e. The van der Waals surface area contributed by atoms with Gasteiger partial charge < -0.3 is 47.2 Å². The number of nitrogens with zero attached hydrogens (tertiary/aromatic N) is 5. The molecule has 246 valence electrons. The third-order valence-corrected chi connectivity index (χ3v) is 8.67. The number of benzene rings is 1. The standard InChI is InChI=1S/C25H35N9O9S2/c1-13-19(22(36)34(13)45(39,40)41)31-21(35)20(17-12-44-25(28)30-17)32-43-18(23(37)38)11-42-16-5-4-14-9-33(10-15(14)8-16)24(27)29-7-3-2-6-26/h4-5,8,12-13,18-19,23,37-38H,2-3,6-7,9-11,26H2,1H3,(H2,27,29)(H2,28,30)(H,31,35)(H,39,40,41)/b32-20-. The number of hydrogen-bond donors (Lipinski definition) is 7. The molecule has 45 heavy (non-hydrogen) atoms. The lowest BCUT2D eigenvalue weighted by Gasteiger charge is -2.42. The number of aliphatic hydroxyl groups is 2. The summed E-state index contributed by atoms with van der Waals surface area (Å²) in [5.41, 5.74) is 18.8. The zero-order chi connectivity index (χ0) is 32.9.